The highest BCUT2D eigenvalue weighted by Crippen LogP contribution is 2.26. The lowest BCUT2D eigenvalue weighted by Crippen LogP contribution is -2.38. The average Bonchev–Trinajstić information content (AvgIpc) is 2.26. The minimum absolute atomic E-state index is 0.158. The average molecular weight is 255 g/mol. The van der Waals surface area contributed by atoms with Crippen molar-refractivity contribution >= 4 is 23.2 Å². The van der Waals surface area contributed by atoms with Gasteiger partial charge < -0.3 is 16.2 Å². The lowest BCUT2D eigenvalue weighted by Gasteiger charge is -2.31. The highest BCUT2D eigenvalue weighted by Gasteiger charge is 2.27. The van der Waals surface area contributed by atoms with Crippen molar-refractivity contribution < 1.29 is 9.90 Å². The van der Waals surface area contributed by atoms with Crippen LogP contribution in [0.3, 0.4) is 0 Å². The number of aliphatic hydroxyl groups excluding tert-OH is 1. The van der Waals surface area contributed by atoms with Gasteiger partial charge in [-0.3, -0.25) is 4.79 Å². The van der Waals surface area contributed by atoms with Crippen LogP contribution in [-0.4, -0.2) is 23.7 Å². The summed E-state index contributed by atoms with van der Waals surface area (Å²) in [6.07, 6.45) is 1.34. The van der Waals surface area contributed by atoms with Crippen molar-refractivity contribution in [3.8, 4) is 0 Å². The van der Waals surface area contributed by atoms with Gasteiger partial charge in [0, 0.05) is 12.1 Å². The number of amides is 1. The predicted octanol–water partition coefficient (Wildman–Crippen LogP) is 1.42. The van der Waals surface area contributed by atoms with Crippen molar-refractivity contribution in [2.24, 2.45) is 5.92 Å². The molecule has 2 rings (SSSR count). The first-order valence-electron chi connectivity index (χ1n) is 5.57. The van der Waals surface area contributed by atoms with E-state index in [9.17, 15) is 4.79 Å². The molecular formula is C12H15ClN2O2. The smallest absolute Gasteiger partial charge is 0.251 e. The summed E-state index contributed by atoms with van der Waals surface area (Å²) in [7, 11) is 0. The standard InChI is InChI=1S/C12H15ClN2O2/c13-10-2-1-8(5-11(10)14)12(17)15-6-7-3-9(16)4-7/h1-2,5,7,9,16H,3-4,6,14H2,(H,15,17). The second-order valence-corrected chi connectivity index (χ2v) is 4.84. The van der Waals surface area contributed by atoms with Gasteiger partial charge in [-0.15, -0.1) is 0 Å². The van der Waals surface area contributed by atoms with Gasteiger partial charge in [0.15, 0.2) is 0 Å². The zero-order valence-electron chi connectivity index (χ0n) is 9.32. The fourth-order valence-corrected chi connectivity index (χ4v) is 2.01. The largest absolute Gasteiger partial charge is 0.398 e. The number of carbonyl (C=O) groups is 1. The molecule has 0 radical (unpaired) electrons. The third kappa shape index (κ3) is 2.90. The molecule has 1 aliphatic carbocycles. The second kappa shape index (κ2) is 4.94. The van der Waals surface area contributed by atoms with Crippen molar-refractivity contribution in [3.05, 3.63) is 28.8 Å². The summed E-state index contributed by atoms with van der Waals surface area (Å²) in [5.41, 5.74) is 6.53. The first-order chi connectivity index (χ1) is 8.06. The Morgan fingerprint density at radius 3 is 2.82 bits per heavy atom. The molecule has 0 heterocycles. The number of hydrogen-bond donors (Lipinski definition) is 3. The van der Waals surface area contributed by atoms with Crippen LogP contribution in [-0.2, 0) is 0 Å². The van der Waals surface area contributed by atoms with E-state index in [2.05, 4.69) is 5.32 Å². The minimum Gasteiger partial charge on any atom is -0.398 e. The number of halogens is 1. The fourth-order valence-electron chi connectivity index (χ4n) is 1.89. The van der Waals surface area contributed by atoms with Crippen LogP contribution in [0.2, 0.25) is 5.02 Å². The number of aliphatic hydroxyl groups is 1. The van der Waals surface area contributed by atoms with E-state index in [-0.39, 0.29) is 12.0 Å². The van der Waals surface area contributed by atoms with E-state index in [0.29, 0.717) is 28.7 Å². The van der Waals surface area contributed by atoms with E-state index in [1.165, 1.54) is 0 Å². The number of benzene rings is 1. The maximum absolute atomic E-state index is 11.8. The zero-order valence-corrected chi connectivity index (χ0v) is 10.1. The quantitative estimate of drug-likeness (QED) is 0.714. The topological polar surface area (TPSA) is 75.4 Å². The van der Waals surface area contributed by atoms with Crippen molar-refractivity contribution in [2.75, 3.05) is 12.3 Å². The van der Waals surface area contributed by atoms with Crippen LogP contribution in [0.4, 0.5) is 5.69 Å². The first kappa shape index (κ1) is 12.2. The molecule has 5 heteroatoms. The van der Waals surface area contributed by atoms with Gasteiger partial charge in [-0.25, -0.2) is 0 Å². The van der Waals surface area contributed by atoms with Gasteiger partial charge >= 0.3 is 0 Å². The molecule has 1 saturated carbocycles. The molecule has 1 aliphatic rings. The van der Waals surface area contributed by atoms with Crippen LogP contribution < -0.4 is 11.1 Å². The van der Waals surface area contributed by atoms with Gasteiger partial charge in [-0.05, 0) is 37.0 Å². The van der Waals surface area contributed by atoms with E-state index >= 15 is 0 Å². The number of nitrogens with two attached hydrogens (primary N) is 1. The second-order valence-electron chi connectivity index (χ2n) is 4.44. The number of nitrogens with one attached hydrogen (secondary N) is 1. The maximum atomic E-state index is 11.8. The normalized spacial score (nSPS) is 22.9. The molecule has 4 N–H and O–H groups in total. The Morgan fingerprint density at radius 1 is 1.53 bits per heavy atom. The minimum atomic E-state index is -0.192. The number of hydrogen-bond acceptors (Lipinski definition) is 3. The monoisotopic (exact) mass is 254 g/mol. The van der Waals surface area contributed by atoms with Crippen molar-refractivity contribution in [3.63, 3.8) is 0 Å². The molecule has 1 aromatic rings. The van der Waals surface area contributed by atoms with E-state index in [1.807, 2.05) is 0 Å². The highest BCUT2D eigenvalue weighted by molar-refractivity contribution is 6.33. The number of rotatable bonds is 3. The highest BCUT2D eigenvalue weighted by atomic mass is 35.5. The van der Waals surface area contributed by atoms with Gasteiger partial charge in [0.1, 0.15) is 0 Å². The molecule has 4 nitrogen and oxygen atoms in total. The number of anilines is 1. The van der Waals surface area contributed by atoms with Crippen LogP contribution in [0.15, 0.2) is 18.2 Å². The molecule has 17 heavy (non-hydrogen) atoms. The Hall–Kier alpha value is -1.26. The molecule has 1 aromatic carbocycles. The molecule has 0 saturated heterocycles. The molecule has 0 aromatic heterocycles. The fraction of sp³-hybridized carbons (Fsp3) is 0.417. The summed E-state index contributed by atoms with van der Waals surface area (Å²) in [4.78, 5) is 11.8. The molecule has 92 valence electrons. The summed E-state index contributed by atoms with van der Waals surface area (Å²) in [5, 5.41) is 12.4. The van der Waals surface area contributed by atoms with Gasteiger partial charge in [0.25, 0.3) is 5.91 Å². The number of carbonyl (C=O) groups excluding carboxylic acids is 1. The van der Waals surface area contributed by atoms with Crippen LogP contribution in [0.25, 0.3) is 0 Å². The predicted molar refractivity (Wildman–Crippen MR) is 66.9 cm³/mol. The van der Waals surface area contributed by atoms with E-state index in [0.717, 1.165) is 12.8 Å². The molecule has 0 unspecified atom stereocenters. The Balaban J connectivity index is 1.88. The summed E-state index contributed by atoms with van der Waals surface area (Å²) in [5.74, 6) is 0.230. The van der Waals surface area contributed by atoms with Crippen LogP contribution in [0.1, 0.15) is 23.2 Å². The Kier molecular flexibility index (Phi) is 3.54. The van der Waals surface area contributed by atoms with Crippen molar-refractivity contribution in [1.82, 2.24) is 5.32 Å². The van der Waals surface area contributed by atoms with Gasteiger partial charge in [-0.1, -0.05) is 11.6 Å². The third-order valence-electron chi connectivity index (χ3n) is 3.02. The zero-order chi connectivity index (χ0) is 12.4. The molecule has 1 fully saturated rings. The van der Waals surface area contributed by atoms with Crippen molar-refractivity contribution in [1.29, 1.82) is 0 Å². The van der Waals surface area contributed by atoms with Gasteiger partial charge in [0.05, 0.1) is 16.8 Å². The summed E-state index contributed by atoms with van der Waals surface area (Å²) in [6.45, 7) is 0.596. The Bertz CT molecular complexity index is 431. The third-order valence-corrected chi connectivity index (χ3v) is 3.36. The molecule has 0 atom stereocenters. The first-order valence-corrected chi connectivity index (χ1v) is 5.95. The molecule has 0 aliphatic heterocycles. The molecule has 0 spiro atoms. The molecule has 1 amide bonds. The summed E-state index contributed by atoms with van der Waals surface area (Å²) in [6, 6.07) is 4.82. The van der Waals surface area contributed by atoms with E-state index in [4.69, 9.17) is 22.4 Å². The van der Waals surface area contributed by atoms with Crippen molar-refractivity contribution in [2.45, 2.75) is 18.9 Å². The lowest BCUT2D eigenvalue weighted by atomic mass is 9.82. The molecule has 0 bridgehead atoms. The van der Waals surface area contributed by atoms with Gasteiger partial charge in [0.2, 0.25) is 0 Å². The van der Waals surface area contributed by atoms with E-state index < -0.39 is 0 Å². The SMILES string of the molecule is Nc1cc(C(=O)NCC2CC(O)C2)ccc1Cl. The van der Waals surface area contributed by atoms with Crippen LogP contribution in [0.5, 0.6) is 0 Å². The Morgan fingerprint density at radius 2 is 2.24 bits per heavy atom. The maximum Gasteiger partial charge on any atom is 0.251 e. The van der Waals surface area contributed by atoms with Gasteiger partial charge in [-0.2, -0.15) is 0 Å². The Labute approximate surface area is 105 Å². The van der Waals surface area contributed by atoms with E-state index in [1.54, 1.807) is 18.2 Å². The lowest BCUT2D eigenvalue weighted by molar-refractivity contribution is 0.0420. The van der Waals surface area contributed by atoms with Crippen LogP contribution in [0, 0.1) is 5.92 Å². The summed E-state index contributed by atoms with van der Waals surface area (Å²) < 4.78 is 0. The van der Waals surface area contributed by atoms with Crippen LogP contribution >= 0.6 is 11.6 Å². The molecular weight excluding hydrogens is 240 g/mol. The summed E-state index contributed by atoms with van der Waals surface area (Å²) >= 11 is 5.78. The number of nitrogen functional groups attached to an aromatic ring is 1.